The van der Waals surface area contributed by atoms with Crippen LogP contribution in [-0.2, 0) is 4.79 Å². The van der Waals surface area contributed by atoms with Crippen molar-refractivity contribution < 1.29 is 14.7 Å². The van der Waals surface area contributed by atoms with Gasteiger partial charge >= 0.3 is 5.97 Å². The monoisotopic (exact) mass is 330 g/mol. The summed E-state index contributed by atoms with van der Waals surface area (Å²) < 4.78 is 0. The van der Waals surface area contributed by atoms with Crippen LogP contribution >= 0.6 is 11.3 Å². The molecule has 23 heavy (non-hydrogen) atoms. The highest BCUT2D eigenvalue weighted by Gasteiger charge is 2.34. The maximum Gasteiger partial charge on any atom is 0.308 e. The van der Waals surface area contributed by atoms with E-state index in [9.17, 15) is 14.7 Å². The Hall–Kier alpha value is -2.21. The maximum absolute atomic E-state index is 12.5. The van der Waals surface area contributed by atoms with Gasteiger partial charge in [0.25, 0.3) is 5.91 Å². The first kappa shape index (κ1) is 15.7. The number of rotatable bonds is 4. The van der Waals surface area contributed by atoms with Gasteiger partial charge in [-0.25, -0.2) is 4.98 Å². The van der Waals surface area contributed by atoms with Crippen LogP contribution in [0.5, 0.6) is 0 Å². The number of aromatic nitrogens is 1. The third kappa shape index (κ3) is 3.27. The van der Waals surface area contributed by atoms with E-state index in [1.165, 1.54) is 11.3 Å². The molecular formula is C17H18N2O3S. The summed E-state index contributed by atoms with van der Waals surface area (Å²) in [6.45, 7) is 1.81. The lowest BCUT2D eigenvalue weighted by molar-refractivity contribution is -0.142. The summed E-state index contributed by atoms with van der Waals surface area (Å²) in [6, 6.07) is 9.42. The highest BCUT2D eigenvalue weighted by atomic mass is 32.1. The number of carbonyl (C=O) groups is 2. The molecule has 2 aromatic rings. The number of aryl methyl sites for hydroxylation is 1. The fourth-order valence-corrected chi connectivity index (χ4v) is 3.95. The Kier molecular flexibility index (Phi) is 4.43. The van der Waals surface area contributed by atoms with Crippen molar-refractivity contribution in [1.82, 2.24) is 10.3 Å². The van der Waals surface area contributed by atoms with Gasteiger partial charge in [0.05, 0.1) is 11.6 Å². The van der Waals surface area contributed by atoms with Gasteiger partial charge in [-0.15, -0.1) is 11.3 Å². The van der Waals surface area contributed by atoms with Gasteiger partial charge in [-0.05, 0) is 19.8 Å². The number of carboxylic acids is 1. The molecule has 1 aromatic carbocycles. The van der Waals surface area contributed by atoms with E-state index >= 15 is 0 Å². The molecule has 0 radical (unpaired) electrons. The normalized spacial score (nSPS) is 20.4. The van der Waals surface area contributed by atoms with Crippen molar-refractivity contribution in [3.8, 4) is 10.6 Å². The fourth-order valence-electron chi connectivity index (χ4n) is 2.97. The van der Waals surface area contributed by atoms with Crippen LogP contribution in [0.2, 0.25) is 0 Å². The van der Waals surface area contributed by atoms with Crippen molar-refractivity contribution in [3.05, 3.63) is 40.9 Å². The lowest BCUT2D eigenvalue weighted by Gasteiger charge is -2.17. The SMILES string of the molecule is Cc1nc(-c2ccccc2)sc1C(=O)N[C@@H]1CCC[C@@H]1C(=O)O. The van der Waals surface area contributed by atoms with Crippen molar-refractivity contribution in [3.63, 3.8) is 0 Å². The lowest BCUT2D eigenvalue weighted by atomic mass is 10.0. The topological polar surface area (TPSA) is 79.3 Å². The zero-order valence-corrected chi connectivity index (χ0v) is 13.6. The van der Waals surface area contributed by atoms with Gasteiger partial charge in [-0.1, -0.05) is 36.8 Å². The minimum absolute atomic E-state index is 0.222. The number of nitrogens with zero attached hydrogens (tertiary/aromatic N) is 1. The molecule has 2 N–H and O–H groups in total. The second-order valence-electron chi connectivity index (χ2n) is 5.76. The standard InChI is InChI=1S/C17H18N2O3S/c1-10-14(23-16(18-10)11-6-3-2-4-7-11)15(20)19-13-9-5-8-12(13)17(21)22/h2-4,6-7,12-13H,5,8-9H2,1H3,(H,19,20)(H,21,22)/t12-,13+/m0/s1. The molecule has 120 valence electrons. The van der Waals surface area contributed by atoms with Gasteiger partial charge in [0, 0.05) is 11.6 Å². The van der Waals surface area contributed by atoms with E-state index < -0.39 is 11.9 Å². The third-order valence-corrected chi connectivity index (χ3v) is 5.38. The number of nitrogens with one attached hydrogen (secondary N) is 1. The molecule has 1 aromatic heterocycles. The average molecular weight is 330 g/mol. The zero-order valence-electron chi connectivity index (χ0n) is 12.8. The van der Waals surface area contributed by atoms with Crippen LogP contribution in [0.15, 0.2) is 30.3 Å². The van der Waals surface area contributed by atoms with Gasteiger partial charge < -0.3 is 10.4 Å². The van der Waals surface area contributed by atoms with Crippen LogP contribution in [0, 0.1) is 12.8 Å². The van der Waals surface area contributed by atoms with E-state index in [1.54, 1.807) is 6.92 Å². The fraction of sp³-hybridized carbons (Fsp3) is 0.353. The summed E-state index contributed by atoms with van der Waals surface area (Å²) in [7, 11) is 0. The Balaban J connectivity index is 1.78. The van der Waals surface area contributed by atoms with Crippen LogP contribution in [0.3, 0.4) is 0 Å². The molecule has 1 heterocycles. The molecule has 1 amide bonds. The number of benzene rings is 1. The number of carbonyl (C=O) groups excluding carboxylic acids is 1. The van der Waals surface area contributed by atoms with Crippen LogP contribution in [0.4, 0.5) is 0 Å². The molecule has 1 aliphatic carbocycles. The smallest absolute Gasteiger partial charge is 0.308 e. The number of thiazole rings is 1. The second-order valence-corrected chi connectivity index (χ2v) is 6.75. The van der Waals surface area contributed by atoms with E-state index in [0.29, 0.717) is 23.4 Å². The predicted molar refractivity (Wildman–Crippen MR) is 88.5 cm³/mol. The summed E-state index contributed by atoms with van der Waals surface area (Å²) >= 11 is 1.34. The van der Waals surface area contributed by atoms with Gasteiger partial charge in [0.1, 0.15) is 9.88 Å². The summed E-state index contributed by atoms with van der Waals surface area (Å²) in [5.74, 6) is -1.54. The van der Waals surface area contributed by atoms with Crippen LogP contribution in [0.1, 0.15) is 34.6 Å². The predicted octanol–water partition coefficient (Wildman–Crippen LogP) is 3.10. The van der Waals surface area contributed by atoms with Crippen molar-refractivity contribution in [2.45, 2.75) is 32.2 Å². The van der Waals surface area contributed by atoms with Crippen molar-refractivity contribution in [2.24, 2.45) is 5.92 Å². The minimum Gasteiger partial charge on any atom is -0.481 e. The van der Waals surface area contributed by atoms with Gasteiger partial charge in [-0.3, -0.25) is 9.59 Å². The number of hydrogen-bond donors (Lipinski definition) is 2. The van der Waals surface area contributed by atoms with Gasteiger partial charge in [0.2, 0.25) is 0 Å². The Bertz CT molecular complexity index is 727. The second kappa shape index (κ2) is 6.50. The Morgan fingerprint density at radius 1 is 1.26 bits per heavy atom. The Labute approximate surface area is 138 Å². The Morgan fingerprint density at radius 3 is 2.70 bits per heavy atom. The molecule has 0 bridgehead atoms. The first-order chi connectivity index (χ1) is 11.1. The van der Waals surface area contributed by atoms with Crippen LogP contribution in [0.25, 0.3) is 10.6 Å². The van der Waals surface area contributed by atoms with Gasteiger partial charge in [-0.2, -0.15) is 0 Å². The molecule has 5 nitrogen and oxygen atoms in total. The molecule has 1 fully saturated rings. The van der Waals surface area contributed by atoms with Crippen LogP contribution < -0.4 is 5.32 Å². The highest BCUT2D eigenvalue weighted by Crippen LogP contribution is 2.29. The highest BCUT2D eigenvalue weighted by molar-refractivity contribution is 7.17. The van der Waals surface area contributed by atoms with E-state index in [-0.39, 0.29) is 11.9 Å². The summed E-state index contributed by atoms with van der Waals surface area (Å²) in [6.07, 6.45) is 2.17. The quantitative estimate of drug-likeness (QED) is 0.903. The van der Waals surface area contributed by atoms with E-state index in [2.05, 4.69) is 10.3 Å². The van der Waals surface area contributed by atoms with Crippen molar-refractivity contribution in [1.29, 1.82) is 0 Å². The third-order valence-electron chi connectivity index (χ3n) is 4.17. The van der Waals surface area contributed by atoms with E-state index in [1.807, 2.05) is 30.3 Å². The molecule has 1 saturated carbocycles. The number of carboxylic acid groups (broad SMARTS) is 1. The zero-order chi connectivity index (χ0) is 16.4. The first-order valence-corrected chi connectivity index (χ1v) is 8.44. The molecule has 0 saturated heterocycles. The lowest BCUT2D eigenvalue weighted by Crippen LogP contribution is -2.40. The molecule has 0 spiro atoms. The molecule has 0 unspecified atom stereocenters. The molecule has 1 aliphatic rings. The largest absolute Gasteiger partial charge is 0.481 e. The Morgan fingerprint density at radius 2 is 2.00 bits per heavy atom. The molecule has 3 rings (SSSR count). The maximum atomic E-state index is 12.5. The first-order valence-electron chi connectivity index (χ1n) is 7.63. The average Bonchev–Trinajstić information content (AvgIpc) is 3.14. The summed E-state index contributed by atoms with van der Waals surface area (Å²) in [5.41, 5.74) is 1.65. The molecule has 6 heteroatoms. The van der Waals surface area contributed by atoms with Gasteiger partial charge in [0.15, 0.2) is 0 Å². The number of aliphatic carboxylic acids is 1. The molecular weight excluding hydrogens is 312 g/mol. The molecule has 0 aliphatic heterocycles. The van der Waals surface area contributed by atoms with Crippen molar-refractivity contribution in [2.75, 3.05) is 0 Å². The minimum atomic E-state index is -0.834. The van der Waals surface area contributed by atoms with E-state index in [0.717, 1.165) is 17.0 Å². The van der Waals surface area contributed by atoms with Crippen LogP contribution in [-0.4, -0.2) is 28.0 Å². The summed E-state index contributed by atoms with van der Waals surface area (Å²) in [5, 5.41) is 12.9. The van der Waals surface area contributed by atoms with Crippen molar-refractivity contribution >= 4 is 23.2 Å². The molecule has 2 atom stereocenters. The summed E-state index contributed by atoms with van der Waals surface area (Å²) in [4.78, 5) is 28.8. The number of amides is 1. The van der Waals surface area contributed by atoms with E-state index in [4.69, 9.17) is 0 Å². The number of hydrogen-bond acceptors (Lipinski definition) is 4.